The van der Waals surface area contributed by atoms with E-state index in [0.717, 1.165) is 25.8 Å². The van der Waals surface area contributed by atoms with E-state index in [1.807, 2.05) is 55.5 Å². The molecular formula is C26H24BrN3O3S2. The van der Waals surface area contributed by atoms with Crippen molar-refractivity contribution >= 4 is 58.5 Å². The Morgan fingerprint density at radius 3 is 2.60 bits per heavy atom. The van der Waals surface area contributed by atoms with Gasteiger partial charge in [0.15, 0.2) is 5.13 Å². The highest BCUT2D eigenvalue weighted by Gasteiger charge is 2.42. The SMILES string of the molecule is Cc1ccc(S(=O)(=O)N2CCCC2C(=O)N(Cc2ccccc2)c2nc3ccc(Br)cc3s2)cc1. The number of sulfonamides is 1. The lowest BCUT2D eigenvalue weighted by Crippen LogP contribution is -2.47. The van der Waals surface area contributed by atoms with Crippen LogP contribution in [0, 0.1) is 6.92 Å². The zero-order valence-electron chi connectivity index (χ0n) is 19.1. The fraction of sp³-hybridized carbons (Fsp3) is 0.231. The van der Waals surface area contributed by atoms with E-state index in [9.17, 15) is 13.2 Å². The van der Waals surface area contributed by atoms with E-state index < -0.39 is 16.1 Å². The molecule has 3 aromatic carbocycles. The van der Waals surface area contributed by atoms with Gasteiger partial charge in [0.2, 0.25) is 15.9 Å². The molecule has 2 heterocycles. The van der Waals surface area contributed by atoms with Crippen LogP contribution in [0.5, 0.6) is 0 Å². The van der Waals surface area contributed by atoms with Crippen molar-refractivity contribution in [2.24, 2.45) is 0 Å². The van der Waals surface area contributed by atoms with Gasteiger partial charge in [0, 0.05) is 11.0 Å². The molecule has 1 atom stereocenters. The smallest absolute Gasteiger partial charge is 0.247 e. The summed E-state index contributed by atoms with van der Waals surface area (Å²) in [6, 6.07) is 21.5. The second-order valence-corrected chi connectivity index (χ2v) is 12.4. The maximum Gasteiger partial charge on any atom is 0.247 e. The van der Waals surface area contributed by atoms with Gasteiger partial charge in [-0.25, -0.2) is 13.4 Å². The second kappa shape index (κ2) is 9.81. The summed E-state index contributed by atoms with van der Waals surface area (Å²) >= 11 is 4.93. The van der Waals surface area contributed by atoms with Gasteiger partial charge in [-0.1, -0.05) is 75.3 Å². The minimum atomic E-state index is -3.81. The largest absolute Gasteiger partial charge is 0.282 e. The number of aryl methyl sites for hydroxylation is 1. The molecule has 180 valence electrons. The van der Waals surface area contributed by atoms with Crippen molar-refractivity contribution in [1.29, 1.82) is 0 Å². The number of thiazole rings is 1. The Morgan fingerprint density at radius 2 is 1.86 bits per heavy atom. The molecule has 1 unspecified atom stereocenters. The molecule has 1 fully saturated rings. The topological polar surface area (TPSA) is 70.6 Å². The molecule has 4 aromatic rings. The van der Waals surface area contributed by atoms with Crippen molar-refractivity contribution in [1.82, 2.24) is 9.29 Å². The molecule has 1 amide bonds. The third-order valence-electron chi connectivity index (χ3n) is 6.14. The minimum Gasteiger partial charge on any atom is -0.282 e. The zero-order valence-corrected chi connectivity index (χ0v) is 22.3. The number of halogens is 1. The van der Waals surface area contributed by atoms with Crippen LogP contribution in [0.4, 0.5) is 5.13 Å². The average molecular weight is 571 g/mol. The Hall–Kier alpha value is -2.59. The highest BCUT2D eigenvalue weighted by Crippen LogP contribution is 2.34. The predicted molar refractivity (Wildman–Crippen MR) is 143 cm³/mol. The van der Waals surface area contributed by atoms with Crippen LogP contribution >= 0.6 is 27.3 Å². The van der Waals surface area contributed by atoms with E-state index >= 15 is 0 Å². The molecule has 0 bridgehead atoms. The molecule has 35 heavy (non-hydrogen) atoms. The van der Waals surface area contributed by atoms with Gasteiger partial charge in [0.1, 0.15) is 6.04 Å². The molecule has 0 spiro atoms. The lowest BCUT2D eigenvalue weighted by Gasteiger charge is -2.28. The number of fused-ring (bicyclic) bond motifs is 1. The second-order valence-electron chi connectivity index (χ2n) is 8.61. The number of carbonyl (C=O) groups is 1. The van der Waals surface area contributed by atoms with Crippen LogP contribution < -0.4 is 4.90 Å². The Balaban J connectivity index is 1.52. The summed E-state index contributed by atoms with van der Waals surface area (Å²) in [5, 5.41) is 0.562. The van der Waals surface area contributed by atoms with E-state index in [1.165, 1.54) is 15.6 Å². The van der Waals surface area contributed by atoms with Gasteiger partial charge in [0.05, 0.1) is 21.7 Å². The van der Waals surface area contributed by atoms with Gasteiger partial charge < -0.3 is 0 Å². The summed E-state index contributed by atoms with van der Waals surface area (Å²) in [5.41, 5.74) is 2.73. The highest BCUT2D eigenvalue weighted by molar-refractivity contribution is 9.10. The molecule has 9 heteroatoms. The van der Waals surface area contributed by atoms with E-state index in [-0.39, 0.29) is 10.8 Å². The van der Waals surface area contributed by atoms with Crippen LogP contribution in [0.25, 0.3) is 10.2 Å². The summed E-state index contributed by atoms with van der Waals surface area (Å²) < 4.78 is 30.2. The third kappa shape index (κ3) is 4.91. The summed E-state index contributed by atoms with van der Waals surface area (Å²) in [7, 11) is -3.81. The van der Waals surface area contributed by atoms with Gasteiger partial charge in [-0.15, -0.1) is 0 Å². The maximum absolute atomic E-state index is 14.0. The Labute approximate surface area is 217 Å². The first-order valence-corrected chi connectivity index (χ1v) is 14.4. The minimum absolute atomic E-state index is 0.210. The molecule has 0 N–H and O–H groups in total. The number of nitrogens with zero attached hydrogens (tertiary/aromatic N) is 3. The highest BCUT2D eigenvalue weighted by atomic mass is 79.9. The number of amides is 1. The van der Waals surface area contributed by atoms with E-state index in [0.29, 0.717) is 31.1 Å². The Morgan fingerprint density at radius 1 is 1.11 bits per heavy atom. The molecular weight excluding hydrogens is 546 g/mol. The van der Waals surface area contributed by atoms with Crippen molar-refractivity contribution in [3.05, 3.63) is 88.4 Å². The Bertz CT molecular complexity index is 1470. The van der Waals surface area contributed by atoms with Crippen molar-refractivity contribution in [2.75, 3.05) is 11.4 Å². The molecule has 6 nitrogen and oxygen atoms in total. The molecule has 1 aliphatic heterocycles. The first-order valence-electron chi connectivity index (χ1n) is 11.3. The fourth-order valence-corrected chi connectivity index (χ4v) is 7.48. The number of carbonyl (C=O) groups excluding carboxylic acids is 1. The number of aromatic nitrogens is 1. The number of hydrogen-bond acceptors (Lipinski definition) is 5. The van der Waals surface area contributed by atoms with Crippen LogP contribution in [0.2, 0.25) is 0 Å². The van der Waals surface area contributed by atoms with E-state index in [2.05, 4.69) is 15.9 Å². The summed E-state index contributed by atoms with van der Waals surface area (Å²) in [4.78, 5) is 20.6. The fourth-order valence-electron chi connectivity index (χ4n) is 4.31. The van der Waals surface area contributed by atoms with E-state index in [4.69, 9.17) is 4.98 Å². The number of hydrogen-bond donors (Lipinski definition) is 0. The van der Waals surface area contributed by atoms with Gasteiger partial charge in [0.25, 0.3) is 0 Å². The predicted octanol–water partition coefficient (Wildman–Crippen LogP) is 5.75. The molecule has 1 aromatic heterocycles. The Kier molecular flexibility index (Phi) is 6.76. The van der Waals surface area contributed by atoms with Crippen LogP contribution in [0.3, 0.4) is 0 Å². The van der Waals surface area contributed by atoms with E-state index in [1.54, 1.807) is 29.2 Å². The van der Waals surface area contributed by atoms with Gasteiger partial charge >= 0.3 is 0 Å². The molecule has 5 rings (SSSR count). The number of rotatable bonds is 6. The summed E-state index contributed by atoms with van der Waals surface area (Å²) in [5.74, 6) is -0.250. The van der Waals surface area contributed by atoms with Gasteiger partial charge in [-0.05, 0) is 55.7 Å². The van der Waals surface area contributed by atoms with Crippen LogP contribution in [-0.2, 0) is 21.4 Å². The quantitative estimate of drug-likeness (QED) is 0.296. The van der Waals surface area contributed by atoms with Gasteiger partial charge in [-0.3, -0.25) is 9.69 Å². The molecule has 1 saturated heterocycles. The summed E-state index contributed by atoms with van der Waals surface area (Å²) in [6.07, 6.45) is 1.11. The van der Waals surface area contributed by atoms with Crippen LogP contribution in [0.1, 0.15) is 24.0 Å². The third-order valence-corrected chi connectivity index (χ3v) is 9.59. The van der Waals surface area contributed by atoms with Crippen molar-refractivity contribution in [3.63, 3.8) is 0 Å². The summed E-state index contributed by atoms with van der Waals surface area (Å²) in [6.45, 7) is 2.55. The maximum atomic E-state index is 14.0. The monoisotopic (exact) mass is 569 g/mol. The first kappa shape index (κ1) is 24.1. The number of benzene rings is 3. The lowest BCUT2D eigenvalue weighted by atomic mass is 10.1. The standard InChI is InChI=1S/C26H24BrN3O3S2/c1-18-9-12-21(13-10-18)35(32,33)30-15-5-8-23(30)25(31)29(17-19-6-3-2-4-7-19)26-28-22-14-11-20(27)16-24(22)34-26/h2-4,6-7,9-14,16,23H,5,8,15,17H2,1H3. The molecule has 0 saturated carbocycles. The van der Waals surface area contributed by atoms with Crippen molar-refractivity contribution in [3.8, 4) is 0 Å². The van der Waals surface area contributed by atoms with Crippen molar-refractivity contribution < 1.29 is 13.2 Å². The van der Waals surface area contributed by atoms with Crippen LogP contribution in [-0.4, -0.2) is 36.2 Å². The van der Waals surface area contributed by atoms with Crippen LogP contribution in [0.15, 0.2) is 82.2 Å². The van der Waals surface area contributed by atoms with Crippen molar-refractivity contribution in [2.45, 2.75) is 37.2 Å². The lowest BCUT2D eigenvalue weighted by molar-refractivity contribution is -0.121. The molecule has 0 aliphatic carbocycles. The molecule has 1 aliphatic rings. The average Bonchev–Trinajstić information content (AvgIpc) is 3.50. The first-order chi connectivity index (χ1) is 16.8. The van der Waals surface area contributed by atoms with Gasteiger partial charge in [-0.2, -0.15) is 4.31 Å². The normalized spacial score (nSPS) is 16.6. The zero-order chi connectivity index (χ0) is 24.6. The number of anilines is 1. The molecule has 0 radical (unpaired) electrons.